The van der Waals surface area contributed by atoms with Gasteiger partial charge in [0.1, 0.15) is 0 Å². The fourth-order valence-corrected chi connectivity index (χ4v) is 2.74. The summed E-state index contributed by atoms with van der Waals surface area (Å²) in [6.07, 6.45) is 0. The van der Waals surface area contributed by atoms with Crippen molar-refractivity contribution in [1.82, 2.24) is 20.4 Å². The number of non-ortho nitro benzene ring substituents is 1. The van der Waals surface area contributed by atoms with Gasteiger partial charge in [0.05, 0.1) is 16.3 Å². The lowest BCUT2D eigenvalue weighted by molar-refractivity contribution is -0.384. The molecule has 2 aromatic carbocycles. The van der Waals surface area contributed by atoms with Crippen LogP contribution in [0.2, 0.25) is 0 Å². The second kappa shape index (κ2) is 7.69. The summed E-state index contributed by atoms with van der Waals surface area (Å²) >= 11 is 0. The van der Waals surface area contributed by atoms with Gasteiger partial charge < -0.3 is 5.32 Å². The van der Waals surface area contributed by atoms with Gasteiger partial charge in [0, 0.05) is 35.0 Å². The molecule has 142 valence electrons. The van der Waals surface area contributed by atoms with E-state index in [1.165, 1.54) is 18.2 Å². The summed E-state index contributed by atoms with van der Waals surface area (Å²) in [5, 5.41) is 28.8. The summed E-state index contributed by atoms with van der Waals surface area (Å²) in [7, 11) is 0. The van der Waals surface area contributed by atoms with Crippen molar-refractivity contribution in [2.75, 3.05) is 5.32 Å². The minimum atomic E-state index is -0.447. The number of hydrogen-bond acceptors (Lipinski definition) is 7. The van der Waals surface area contributed by atoms with Crippen LogP contribution >= 0.6 is 0 Å². The van der Waals surface area contributed by atoms with E-state index in [2.05, 4.69) is 25.7 Å². The molecule has 0 aliphatic rings. The first-order chi connectivity index (χ1) is 14.1. The minimum absolute atomic E-state index is 0.000757. The molecule has 0 fully saturated rings. The van der Waals surface area contributed by atoms with Crippen molar-refractivity contribution in [3.63, 3.8) is 0 Å². The molecule has 2 aromatic heterocycles. The Balaban J connectivity index is 1.54. The largest absolute Gasteiger partial charge is 0.339 e. The van der Waals surface area contributed by atoms with Crippen molar-refractivity contribution in [2.45, 2.75) is 0 Å². The van der Waals surface area contributed by atoms with E-state index in [1.807, 2.05) is 24.3 Å². The summed E-state index contributed by atoms with van der Waals surface area (Å²) in [5.74, 6) is 0.519. The lowest BCUT2D eigenvalue weighted by Crippen LogP contribution is -2.05. The summed E-state index contributed by atoms with van der Waals surface area (Å²) in [4.78, 5) is 21.6. The molecule has 4 aromatic rings. The van der Waals surface area contributed by atoms with Crippen LogP contribution in [0.15, 0.2) is 77.6 Å². The minimum Gasteiger partial charge on any atom is -0.339 e. The lowest BCUT2D eigenvalue weighted by atomic mass is 10.1. The Morgan fingerprint density at radius 3 is 2.31 bits per heavy atom. The Kier molecular flexibility index (Phi) is 4.77. The number of nitrogens with zero attached hydrogens (tertiary/aromatic N) is 4. The number of nitro groups is 1. The van der Waals surface area contributed by atoms with E-state index in [0.29, 0.717) is 22.8 Å². The first kappa shape index (κ1) is 18.0. The first-order valence-corrected chi connectivity index (χ1v) is 8.60. The van der Waals surface area contributed by atoms with E-state index in [4.69, 9.17) is 0 Å². The fraction of sp³-hybridized carbons (Fsp3) is 0. The second-order valence-electron chi connectivity index (χ2n) is 6.12. The number of hydrogen-bond donors (Lipinski definition) is 2. The molecular weight excluding hydrogens is 372 g/mol. The van der Waals surface area contributed by atoms with Gasteiger partial charge >= 0.3 is 0 Å². The molecule has 0 saturated carbocycles. The van der Waals surface area contributed by atoms with Gasteiger partial charge in [-0.2, -0.15) is 5.10 Å². The maximum Gasteiger partial charge on any atom is 0.270 e. The molecule has 9 heteroatoms. The summed E-state index contributed by atoms with van der Waals surface area (Å²) in [6.45, 7) is 0. The zero-order valence-corrected chi connectivity index (χ0v) is 14.9. The Morgan fingerprint density at radius 2 is 1.62 bits per heavy atom. The number of benzene rings is 2. The number of nitrogens with one attached hydrogen (secondary N) is 2. The van der Waals surface area contributed by atoms with E-state index in [1.54, 1.807) is 30.3 Å². The Labute approximate surface area is 164 Å². The van der Waals surface area contributed by atoms with Crippen LogP contribution in [0.5, 0.6) is 0 Å². The Bertz CT molecular complexity index is 1220. The topological polar surface area (TPSA) is 127 Å². The highest BCUT2D eigenvalue weighted by Gasteiger charge is 2.09. The quantitative estimate of drug-likeness (QED) is 0.397. The van der Waals surface area contributed by atoms with Crippen LogP contribution in [0, 0.1) is 10.1 Å². The van der Waals surface area contributed by atoms with Crippen molar-refractivity contribution in [3.05, 3.63) is 93.3 Å². The first-order valence-electron chi connectivity index (χ1n) is 8.60. The zero-order valence-electron chi connectivity index (χ0n) is 14.9. The average Bonchev–Trinajstić information content (AvgIpc) is 2.75. The van der Waals surface area contributed by atoms with E-state index >= 15 is 0 Å². The molecule has 9 nitrogen and oxygen atoms in total. The monoisotopic (exact) mass is 386 g/mol. The third-order valence-electron chi connectivity index (χ3n) is 4.13. The second-order valence-corrected chi connectivity index (χ2v) is 6.12. The van der Waals surface area contributed by atoms with Crippen LogP contribution in [-0.2, 0) is 0 Å². The maximum atomic E-state index is 11.2. The highest BCUT2D eigenvalue weighted by molar-refractivity contribution is 5.68. The van der Waals surface area contributed by atoms with Gasteiger partial charge in [0.2, 0.25) is 0 Å². The van der Waals surface area contributed by atoms with Gasteiger partial charge in [-0.1, -0.05) is 24.3 Å². The molecule has 0 unspecified atom stereocenters. The van der Waals surface area contributed by atoms with Crippen LogP contribution < -0.4 is 10.9 Å². The van der Waals surface area contributed by atoms with Crippen molar-refractivity contribution < 1.29 is 4.92 Å². The van der Waals surface area contributed by atoms with E-state index < -0.39 is 4.92 Å². The number of aromatic amines is 1. The fourth-order valence-electron chi connectivity index (χ4n) is 2.74. The van der Waals surface area contributed by atoms with Crippen LogP contribution in [0.25, 0.3) is 22.5 Å². The molecule has 0 aliphatic heterocycles. The van der Waals surface area contributed by atoms with Crippen molar-refractivity contribution in [1.29, 1.82) is 0 Å². The molecule has 0 aliphatic carbocycles. The maximum absolute atomic E-state index is 11.2. The Hall–Kier alpha value is -4.40. The van der Waals surface area contributed by atoms with Gasteiger partial charge in [0.25, 0.3) is 11.2 Å². The average molecular weight is 386 g/mol. The number of anilines is 2. The van der Waals surface area contributed by atoms with E-state index in [-0.39, 0.29) is 11.2 Å². The van der Waals surface area contributed by atoms with E-state index in [0.717, 1.165) is 11.3 Å². The number of nitro benzene ring substituents is 1. The van der Waals surface area contributed by atoms with Gasteiger partial charge in [-0.05, 0) is 30.3 Å². The third-order valence-corrected chi connectivity index (χ3v) is 4.13. The summed E-state index contributed by atoms with van der Waals surface area (Å²) in [5.41, 5.74) is 3.12. The van der Waals surface area contributed by atoms with Gasteiger partial charge in [-0.15, -0.1) is 10.2 Å². The van der Waals surface area contributed by atoms with Crippen molar-refractivity contribution >= 4 is 17.2 Å². The summed E-state index contributed by atoms with van der Waals surface area (Å²) < 4.78 is 0. The molecule has 0 bridgehead atoms. The van der Waals surface area contributed by atoms with Crippen molar-refractivity contribution in [3.8, 4) is 22.5 Å². The zero-order chi connectivity index (χ0) is 20.2. The molecule has 2 N–H and O–H groups in total. The molecule has 4 rings (SSSR count). The molecule has 0 amide bonds. The smallest absolute Gasteiger partial charge is 0.270 e. The number of aromatic nitrogens is 4. The Morgan fingerprint density at radius 1 is 0.862 bits per heavy atom. The molecule has 0 saturated heterocycles. The summed E-state index contributed by atoms with van der Waals surface area (Å²) in [6, 6.07) is 20.2. The van der Waals surface area contributed by atoms with Crippen LogP contribution in [-0.4, -0.2) is 25.3 Å². The number of H-pyrrole nitrogens is 1. The van der Waals surface area contributed by atoms with Gasteiger partial charge in [-0.3, -0.25) is 14.9 Å². The molecule has 0 radical (unpaired) electrons. The molecule has 0 atom stereocenters. The highest BCUT2D eigenvalue weighted by atomic mass is 16.6. The normalized spacial score (nSPS) is 10.5. The van der Waals surface area contributed by atoms with Crippen LogP contribution in [0.4, 0.5) is 17.2 Å². The lowest BCUT2D eigenvalue weighted by Gasteiger charge is -2.08. The molecule has 0 spiro atoms. The molecule has 29 heavy (non-hydrogen) atoms. The van der Waals surface area contributed by atoms with Gasteiger partial charge in [0.15, 0.2) is 5.82 Å². The molecule has 2 heterocycles. The van der Waals surface area contributed by atoms with E-state index in [9.17, 15) is 14.9 Å². The third kappa shape index (κ3) is 4.14. The predicted molar refractivity (Wildman–Crippen MR) is 108 cm³/mol. The van der Waals surface area contributed by atoms with Crippen molar-refractivity contribution in [2.24, 2.45) is 0 Å². The van der Waals surface area contributed by atoms with Crippen LogP contribution in [0.3, 0.4) is 0 Å². The SMILES string of the molecule is O=c1ccc(-c2cccc(Nc3ccc(-c4cccc([N+](=O)[O-])c4)nn3)c2)n[nH]1. The molecular formula is C20H14N6O3. The van der Waals surface area contributed by atoms with Crippen LogP contribution in [0.1, 0.15) is 0 Å². The predicted octanol–water partition coefficient (Wildman–Crippen LogP) is 3.55. The number of rotatable bonds is 5. The highest BCUT2D eigenvalue weighted by Crippen LogP contribution is 2.24. The standard InChI is InChI=1S/C20H14N6O3/c27-20-10-8-18(23-25-20)13-3-1-5-15(11-13)21-19-9-7-17(22-24-19)14-4-2-6-16(12-14)26(28)29/h1-12H,(H,21,24)(H,25,27). The van der Waals surface area contributed by atoms with Gasteiger partial charge in [-0.25, -0.2) is 5.10 Å².